The zero-order valence-electron chi connectivity index (χ0n) is 10.7. The molecule has 0 spiro atoms. The van der Waals surface area contributed by atoms with Gasteiger partial charge in [-0.3, -0.25) is 9.69 Å². The van der Waals surface area contributed by atoms with Crippen LogP contribution in [0.2, 0.25) is 0 Å². The van der Waals surface area contributed by atoms with Crippen LogP contribution in [0.3, 0.4) is 0 Å². The molecule has 0 aromatic heterocycles. The van der Waals surface area contributed by atoms with Crippen LogP contribution in [0, 0.1) is 0 Å². The number of benzene rings is 1. The average molecular weight is 346 g/mol. The molecule has 1 amide bonds. The van der Waals surface area contributed by atoms with Crippen LogP contribution in [0.1, 0.15) is 11.1 Å². The number of aliphatic carboxylic acids is 1. The Hall–Kier alpha value is -1.87. The topological polar surface area (TPSA) is 60.4 Å². The molecule has 0 atom stereocenters. The Kier molecular flexibility index (Phi) is 4.57. The number of thiocarbonyl (C=S) groups is 1. The van der Waals surface area contributed by atoms with Crippen LogP contribution < -0.4 is 5.11 Å². The smallest absolute Gasteiger partial charge is 0.416 e. The zero-order chi connectivity index (χ0) is 16.5. The lowest BCUT2D eigenvalue weighted by molar-refractivity contribution is -0.305. The van der Waals surface area contributed by atoms with E-state index in [-0.39, 0.29) is 14.8 Å². The first-order valence-electron chi connectivity index (χ1n) is 5.81. The van der Waals surface area contributed by atoms with E-state index in [9.17, 15) is 27.9 Å². The summed E-state index contributed by atoms with van der Waals surface area (Å²) in [5.41, 5.74) is -0.671. The summed E-state index contributed by atoms with van der Waals surface area (Å²) >= 11 is 5.70. The Bertz CT molecular complexity index is 685. The van der Waals surface area contributed by atoms with E-state index in [0.29, 0.717) is 0 Å². The van der Waals surface area contributed by atoms with E-state index in [1.807, 2.05) is 0 Å². The Balaban J connectivity index is 2.29. The van der Waals surface area contributed by atoms with Crippen LogP contribution in [0.5, 0.6) is 0 Å². The highest BCUT2D eigenvalue weighted by atomic mass is 32.2. The van der Waals surface area contributed by atoms with E-state index in [1.165, 1.54) is 18.2 Å². The fraction of sp³-hybridized carbons (Fsp3) is 0.154. The number of amides is 1. The Morgan fingerprint density at radius 1 is 1.41 bits per heavy atom. The number of alkyl halides is 3. The monoisotopic (exact) mass is 346 g/mol. The highest BCUT2D eigenvalue weighted by molar-refractivity contribution is 8.26. The second kappa shape index (κ2) is 6.09. The molecule has 1 fully saturated rings. The first-order valence-corrected chi connectivity index (χ1v) is 7.03. The highest BCUT2D eigenvalue weighted by Crippen LogP contribution is 2.34. The molecule has 1 aromatic rings. The predicted molar refractivity (Wildman–Crippen MR) is 76.3 cm³/mol. The average Bonchev–Trinajstić information content (AvgIpc) is 2.65. The quantitative estimate of drug-likeness (QED) is 0.615. The molecule has 0 bridgehead atoms. The van der Waals surface area contributed by atoms with Crippen LogP contribution >= 0.6 is 24.0 Å². The number of thioether (sulfide) groups is 1. The Morgan fingerprint density at radius 2 is 2.09 bits per heavy atom. The summed E-state index contributed by atoms with van der Waals surface area (Å²) in [5.74, 6) is -2.15. The molecule has 0 radical (unpaired) electrons. The molecular weight excluding hydrogens is 339 g/mol. The van der Waals surface area contributed by atoms with E-state index in [4.69, 9.17) is 12.2 Å². The molecule has 1 aliphatic heterocycles. The highest BCUT2D eigenvalue weighted by Gasteiger charge is 2.33. The molecule has 2 rings (SSSR count). The molecule has 0 N–H and O–H groups in total. The normalized spacial score (nSPS) is 17.4. The van der Waals surface area contributed by atoms with Crippen molar-refractivity contribution in [3.8, 4) is 0 Å². The van der Waals surface area contributed by atoms with Crippen LogP contribution in [0.4, 0.5) is 13.2 Å². The fourth-order valence-electron chi connectivity index (χ4n) is 1.72. The number of carbonyl (C=O) groups is 2. The molecular formula is C13H7F3NO3S2-. The van der Waals surface area contributed by atoms with E-state index in [1.54, 1.807) is 0 Å². The third kappa shape index (κ3) is 3.66. The molecule has 9 heteroatoms. The number of rotatable bonds is 3. The number of hydrogen-bond acceptors (Lipinski definition) is 5. The molecule has 4 nitrogen and oxygen atoms in total. The van der Waals surface area contributed by atoms with Gasteiger partial charge < -0.3 is 9.90 Å². The van der Waals surface area contributed by atoms with Crippen molar-refractivity contribution in [1.29, 1.82) is 0 Å². The number of carbonyl (C=O) groups excluding carboxylic acids is 2. The van der Waals surface area contributed by atoms with Gasteiger partial charge >= 0.3 is 6.18 Å². The van der Waals surface area contributed by atoms with Gasteiger partial charge in [0.15, 0.2) is 0 Å². The summed E-state index contributed by atoms with van der Waals surface area (Å²) in [6, 6.07) is 4.43. The standard InChI is InChI=1S/C13H8F3NO3S2/c14-13(15,16)8-3-1-2-7(4-8)5-9-11(20)17(6-10(18)19)12(21)22-9/h1-5H,6H2,(H,18,19)/p-1. The summed E-state index contributed by atoms with van der Waals surface area (Å²) in [5, 5.41) is 10.5. The van der Waals surface area contributed by atoms with E-state index < -0.39 is 30.2 Å². The number of carboxylic acid groups (broad SMARTS) is 1. The second-order valence-electron chi connectivity index (χ2n) is 4.26. The third-order valence-electron chi connectivity index (χ3n) is 2.67. The largest absolute Gasteiger partial charge is 0.548 e. The second-order valence-corrected chi connectivity index (χ2v) is 5.94. The summed E-state index contributed by atoms with van der Waals surface area (Å²) in [6.45, 7) is -0.690. The minimum absolute atomic E-state index is 0.0208. The van der Waals surface area contributed by atoms with Crippen molar-refractivity contribution in [2.75, 3.05) is 6.54 Å². The van der Waals surface area contributed by atoms with Crippen molar-refractivity contribution in [3.05, 3.63) is 40.3 Å². The maximum atomic E-state index is 12.6. The van der Waals surface area contributed by atoms with Gasteiger partial charge in [0.05, 0.1) is 23.0 Å². The van der Waals surface area contributed by atoms with Gasteiger partial charge in [0.25, 0.3) is 5.91 Å². The van der Waals surface area contributed by atoms with Crippen molar-refractivity contribution in [1.82, 2.24) is 4.90 Å². The molecule has 1 heterocycles. The fourth-order valence-corrected chi connectivity index (χ4v) is 2.98. The molecule has 1 aromatic carbocycles. The van der Waals surface area contributed by atoms with Crippen LogP contribution in [0.15, 0.2) is 29.2 Å². The van der Waals surface area contributed by atoms with Crippen molar-refractivity contribution in [2.45, 2.75) is 6.18 Å². The first-order chi connectivity index (χ1) is 10.2. The van der Waals surface area contributed by atoms with Gasteiger partial charge in [-0.15, -0.1) is 0 Å². The van der Waals surface area contributed by atoms with Crippen molar-refractivity contribution >= 4 is 46.3 Å². The summed E-state index contributed by atoms with van der Waals surface area (Å²) < 4.78 is 37.9. The van der Waals surface area contributed by atoms with Crippen LogP contribution in [-0.2, 0) is 15.8 Å². The first kappa shape index (κ1) is 16.5. The van der Waals surface area contributed by atoms with Gasteiger partial charge in [-0.05, 0) is 23.8 Å². The molecule has 1 saturated heterocycles. The van der Waals surface area contributed by atoms with Crippen molar-refractivity contribution in [3.63, 3.8) is 0 Å². The molecule has 0 saturated carbocycles. The lowest BCUT2D eigenvalue weighted by Crippen LogP contribution is -2.40. The summed E-state index contributed by atoms with van der Waals surface area (Å²) in [7, 11) is 0. The van der Waals surface area contributed by atoms with Gasteiger partial charge in [-0.2, -0.15) is 13.2 Å². The predicted octanol–water partition coefficient (Wildman–Crippen LogP) is 1.66. The Labute approximate surface area is 132 Å². The van der Waals surface area contributed by atoms with Gasteiger partial charge in [0.1, 0.15) is 4.32 Å². The molecule has 1 aliphatic rings. The van der Waals surface area contributed by atoms with E-state index >= 15 is 0 Å². The lowest BCUT2D eigenvalue weighted by atomic mass is 10.1. The molecule has 116 valence electrons. The van der Waals surface area contributed by atoms with Gasteiger partial charge in [-0.1, -0.05) is 36.1 Å². The van der Waals surface area contributed by atoms with Gasteiger partial charge in [0.2, 0.25) is 0 Å². The van der Waals surface area contributed by atoms with Crippen molar-refractivity contribution < 1.29 is 27.9 Å². The van der Waals surface area contributed by atoms with Gasteiger partial charge in [0, 0.05) is 0 Å². The van der Waals surface area contributed by atoms with Crippen LogP contribution in [-0.4, -0.2) is 27.6 Å². The third-order valence-corrected chi connectivity index (χ3v) is 4.05. The lowest BCUT2D eigenvalue weighted by Gasteiger charge is -2.14. The number of halogens is 3. The maximum Gasteiger partial charge on any atom is 0.416 e. The zero-order valence-corrected chi connectivity index (χ0v) is 12.3. The maximum absolute atomic E-state index is 12.6. The van der Waals surface area contributed by atoms with Crippen LogP contribution in [0.25, 0.3) is 6.08 Å². The number of hydrogen-bond donors (Lipinski definition) is 0. The summed E-state index contributed by atoms with van der Waals surface area (Å²) in [4.78, 5) is 23.4. The number of carboxylic acids is 1. The van der Waals surface area contributed by atoms with E-state index in [0.717, 1.165) is 28.8 Å². The molecule has 0 unspecified atom stereocenters. The van der Waals surface area contributed by atoms with Crippen molar-refractivity contribution in [2.24, 2.45) is 0 Å². The minimum Gasteiger partial charge on any atom is -0.548 e. The summed E-state index contributed by atoms with van der Waals surface area (Å²) in [6.07, 6.45) is -3.25. The number of nitrogens with zero attached hydrogens (tertiary/aromatic N) is 1. The Morgan fingerprint density at radius 3 is 2.68 bits per heavy atom. The van der Waals surface area contributed by atoms with Gasteiger partial charge in [-0.25, -0.2) is 0 Å². The SMILES string of the molecule is O=C([O-])CN1C(=O)C(=Cc2cccc(C(F)(F)F)c2)SC1=S. The minimum atomic E-state index is -4.49. The molecule has 0 aliphatic carbocycles. The van der Waals surface area contributed by atoms with E-state index in [2.05, 4.69) is 0 Å². The molecule has 22 heavy (non-hydrogen) atoms.